The van der Waals surface area contributed by atoms with Crippen LogP contribution in [-0.4, -0.2) is 41.6 Å². The van der Waals surface area contributed by atoms with E-state index in [0.29, 0.717) is 0 Å². The van der Waals surface area contributed by atoms with E-state index >= 15 is 0 Å². The maximum absolute atomic E-state index is 13.7. The number of esters is 1. The Hall–Kier alpha value is -2.91. The van der Waals surface area contributed by atoms with Crippen LogP contribution in [0.5, 0.6) is 0 Å². The number of ether oxygens (including phenoxy) is 1. The van der Waals surface area contributed by atoms with Crippen LogP contribution in [-0.2, 0) is 14.3 Å². The molecule has 0 saturated heterocycles. The van der Waals surface area contributed by atoms with Gasteiger partial charge >= 0.3 is 12.1 Å². The van der Waals surface area contributed by atoms with Gasteiger partial charge in [0.1, 0.15) is 5.57 Å². The van der Waals surface area contributed by atoms with Crippen LogP contribution >= 0.6 is 0 Å². The van der Waals surface area contributed by atoms with Gasteiger partial charge in [0.05, 0.1) is 7.11 Å². The van der Waals surface area contributed by atoms with Crippen LogP contribution in [0, 0.1) is 0 Å². The fourth-order valence-corrected chi connectivity index (χ4v) is 2.34. The first-order valence-corrected chi connectivity index (χ1v) is 6.55. The number of carbonyl (C=O) groups excluding carboxylic acids is 3. The predicted octanol–water partition coefficient (Wildman–Crippen LogP) is 0.689. The highest BCUT2D eigenvalue weighted by Crippen LogP contribution is 2.41. The lowest BCUT2D eigenvalue weighted by Crippen LogP contribution is -2.66. The molecule has 2 amide bonds. The van der Waals surface area contributed by atoms with Crippen LogP contribution in [0.1, 0.15) is 17.3 Å². The Bertz CT molecular complexity index is 731. The number of hydrogen-bond donors (Lipinski definition) is 2. The number of pyridine rings is 1. The summed E-state index contributed by atoms with van der Waals surface area (Å²) in [4.78, 5) is 39.7. The van der Waals surface area contributed by atoms with Gasteiger partial charge in [-0.05, 0) is 19.1 Å². The Morgan fingerprint density at radius 2 is 1.88 bits per heavy atom. The summed E-state index contributed by atoms with van der Waals surface area (Å²) in [5.41, 5.74) is -5.05. The molecule has 10 heteroatoms. The molecular weight excluding hydrogens is 331 g/mol. The van der Waals surface area contributed by atoms with E-state index in [1.54, 1.807) is 5.32 Å². The molecule has 0 spiro atoms. The number of hydrogen-bond acceptors (Lipinski definition) is 5. The maximum Gasteiger partial charge on any atom is 0.425 e. The quantitative estimate of drug-likeness (QED) is 0.787. The average molecular weight is 343 g/mol. The monoisotopic (exact) mass is 343 g/mol. The topological polar surface area (TPSA) is 97.4 Å². The highest BCUT2D eigenvalue weighted by molar-refractivity contribution is 6.11. The number of allylic oxidation sites excluding steroid dienone is 1. The largest absolute Gasteiger partial charge is 0.466 e. The fourth-order valence-electron chi connectivity index (χ4n) is 2.34. The van der Waals surface area contributed by atoms with Crippen molar-refractivity contribution in [3.63, 3.8) is 0 Å². The van der Waals surface area contributed by atoms with Crippen LogP contribution in [0.4, 0.5) is 13.2 Å². The molecule has 0 saturated carbocycles. The highest BCUT2D eigenvalue weighted by Gasteiger charge is 2.69. The Morgan fingerprint density at radius 3 is 2.38 bits per heavy atom. The number of alkyl halides is 3. The van der Waals surface area contributed by atoms with Crippen molar-refractivity contribution in [3.8, 4) is 0 Å². The molecule has 0 unspecified atom stereocenters. The zero-order valence-corrected chi connectivity index (χ0v) is 12.5. The average Bonchev–Trinajstić information content (AvgIpc) is 2.78. The van der Waals surface area contributed by atoms with Gasteiger partial charge in [-0.15, -0.1) is 0 Å². The molecule has 128 valence electrons. The molecule has 24 heavy (non-hydrogen) atoms. The number of nitrogens with one attached hydrogen (secondary N) is 2. The Labute approximate surface area is 133 Å². The summed E-state index contributed by atoms with van der Waals surface area (Å²) < 4.78 is 45.5. The van der Waals surface area contributed by atoms with Gasteiger partial charge in [-0.2, -0.15) is 13.2 Å². The minimum Gasteiger partial charge on any atom is -0.466 e. The van der Waals surface area contributed by atoms with Gasteiger partial charge in [0.15, 0.2) is 0 Å². The molecule has 7 nitrogen and oxygen atoms in total. The van der Waals surface area contributed by atoms with Crippen molar-refractivity contribution in [1.29, 1.82) is 0 Å². The first-order valence-electron chi connectivity index (χ1n) is 6.55. The second-order valence-corrected chi connectivity index (χ2v) is 4.88. The summed E-state index contributed by atoms with van der Waals surface area (Å²) >= 11 is 0. The first-order chi connectivity index (χ1) is 11.1. The number of aromatic nitrogens is 1. The zero-order chi connectivity index (χ0) is 18.1. The minimum absolute atomic E-state index is 0.157. The predicted molar refractivity (Wildman–Crippen MR) is 73.3 cm³/mol. The van der Waals surface area contributed by atoms with Crippen molar-refractivity contribution < 1.29 is 32.3 Å². The number of nitrogens with zero attached hydrogens (tertiary/aromatic N) is 1. The van der Waals surface area contributed by atoms with Gasteiger partial charge in [-0.1, -0.05) is 0 Å². The molecule has 0 fully saturated rings. The molecular formula is C14H12F3N3O4. The summed E-state index contributed by atoms with van der Waals surface area (Å²) in [6.45, 7) is 1.11. The van der Waals surface area contributed by atoms with Crippen LogP contribution in [0.15, 0.2) is 35.8 Å². The minimum atomic E-state index is -5.28. The smallest absolute Gasteiger partial charge is 0.425 e. The Kier molecular flexibility index (Phi) is 4.32. The third-order valence-electron chi connectivity index (χ3n) is 3.45. The lowest BCUT2D eigenvalue weighted by molar-refractivity contribution is -0.188. The van der Waals surface area contributed by atoms with E-state index in [2.05, 4.69) is 9.72 Å². The van der Waals surface area contributed by atoms with Gasteiger partial charge in [-0.3, -0.25) is 14.6 Å². The van der Waals surface area contributed by atoms with Gasteiger partial charge in [0.2, 0.25) is 5.54 Å². The number of rotatable bonds is 3. The van der Waals surface area contributed by atoms with E-state index in [4.69, 9.17) is 0 Å². The van der Waals surface area contributed by atoms with Gasteiger partial charge in [0, 0.05) is 23.7 Å². The van der Waals surface area contributed by atoms with Gasteiger partial charge in [-0.25, -0.2) is 4.79 Å². The SMILES string of the molecule is COC(=O)C1=C(C)NC(=O)[C@@]1(NC(=O)c1ccncc1)C(F)(F)F. The number of amides is 2. The van der Waals surface area contributed by atoms with Crippen molar-refractivity contribution >= 4 is 17.8 Å². The number of carbonyl (C=O) groups is 3. The summed E-state index contributed by atoms with van der Waals surface area (Å²) in [5.74, 6) is -4.16. The molecule has 0 bridgehead atoms. The normalized spacial score (nSPS) is 20.6. The molecule has 0 aliphatic carbocycles. The lowest BCUT2D eigenvalue weighted by Gasteiger charge is -2.31. The molecule has 1 aliphatic heterocycles. The molecule has 0 aromatic carbocycles. The molecule has 2 heterocycles. The van der Waals surface area contributed by atoms with E-state index in [-0.39, 0.29) is 11.3 Å². The molecule has 1 aliphatic rings. The number of halogens is 3. The molecule has 1 aromatic rings. The third kappa shape index (κ3) is 2.59. The Morgan fingerprint density at radius 1 is 1.29 bits per heavy atom. The molecule has 2 N–H and O–H groups in total. The van der Waals surface area contributed by atoms with E-state index in [1.807, 2.05) is 5.32 Å². The molecule has 2 rings (SSSR count). The van der Waals surface area contributed by atoms with Crippen molar-refractivity contribution in [2.75, 3.05) is 7.11 Å². The van der Waals surface area contributed by atoms with Crippen molar-refractivity contribution in [2.24, 2.45) is 0 Å². The van der Waals surface area contributed by atoms with Crippen molar-refractivity contribution in [2.45, 2.75) is 18.6 Å². The van der Waals surface area contributed by atoms with Crippen LogP contribution < -0.4 is 10.6 Å². The second-order valence-electron chi connectivity index (χ2n) is 4.88. The summed E-state index contributed by atoms with van der Waals surface area (Å²) in [5, 5.41) is 3.56. The third-order valence-corrected chi connectivity index (χ3v) is 3.45. The van der Waals surface area contributed by atoms with Crippen LogP contribution in [0.25, 0.3) is 0 Å². The van der Waals surface area contributed by atoms with Crippen molar-refractivity contribution in [3.05, 3.63) is 41.4 Å². The Balaban J connectivity index is 2.57. The summed E-state index contributed by atoms with van der Waals surface area (Å²) in [7, 11) is 0.872. The van der Waals surface area contributed by atoms with Gasteiger partial charge < -0.3 is 15.4 Å². The summed E-state index contributed by atoms with van der Waals surface area (Å²) in [6.07, 6.45) is -2.88. The molecule has 1 aromatic heterocycles. The van der Waals surface area contributed by atoms with E-state index in [1.165, 1.54) is 24.5 Å². The molecule has 1 atom stereocenters. The highest BCUT2D eigenvalue weighted by atomic mass is 19.4. The second kappa shape index (κ2) is 5.95. The van der Waals surface area contributed by atoms with E-state index in [9.17, 15) is 27.6 Å². The van der Waals surface area contributed by atoms with Crippen molar-refractivity contribution in [1.82, 2.24) is 15.6 Å². The van der Waals surface area contributed by atoms with Gasteiger partial charge in [0.25, 0.3) is 11.8 Å². The first kappa shape index (κ1) is 17.4. The zero-order valence-electron chi connectivity index (χ0n) is 12.5. The van der Waals surface area contributed by atoms with Crippen LogP contribution in [0.2, 0.25) is 0 Å². The molecule has 0 radical (unpaired) electrons. The number of methoxy groups -OCH3 is 1. The summed E-state index contributed by atoms with van der Waals surface area (Å²) in [6, 6.07) is 2.33. The van der Waals surface area contributed by atoms with E-state index in [0.717, 1.165) is 14.0 Å². The standard InChI is InChI=1S/C14H12F3N3O4/c1-7-9(11(22)24-2)13(12(23)19-7,14(15,16)17)20-10(21)8-3-5-18-6-4-8/h3-6H,1-2H3,(H,19,23)(H,20,21)/t13-/m1/s1. The van der Waals surface area contributed by atoms with E-state index < -0.39 is 35.1 Å². The lowest BCUT2D eigenvalue weighted by atomic mass is 9.89. The maximum atomic E-state index is 13.7. The van der Waals surface area contributed by atoms with Crippen LogP contribution in [0.3, 0.4) is 0 Å². The fraction of sp³-hybridized carbons (Fsp3) is 0.286.